The van der Waals surface area contributed by atoms with E-state index in [1.54, 1.807) is 24.3 Å². The van der Waals surface area contributed by atoms with E-state index in [-0.39, 0.29) is 12.5 Å². The van der Waals surface area contributed by atoms with Crippen LogP contribution in [-0.2, 0) is 11.4 Å². The van der Waals surface area contributed by atoms with Crippen molar-refractivity contribution in [3.05, 3.63) is 29.8 Å². The summed E-state index contributed by atoms with van der Waals surface area (Å²) in [7, 11) is 0. The minimum atomic E-state index is -0.311. The van der Waals surface area contributed by atoms with E-state index in [9.17, 15) is 4.79 Å². The lowest BCUT2D eigenvalue weighted by Crippen LogP contribution is -2.11. The summed E-state index contributed by atoms with van der Waals surface area (Å²) in [5.41, 5.74) is 5.83. The van der Waals surface area contributed by atoms with E-state index in [4.69, 9.17) is 15.6 Å². The van der Waals surface area contributed by atoms with Crippen LogP contribution in [0.1, 0.15) is 18.4 Å². The van der Waals surface area contributed by atoms with E-state index in [0.29, 0.717) is 19.4 Å². The number of hydrogen-bond acceptors (Lipinski definition) is 3. The van der Waals surface area contributed by atoms with Gasteiger partial charge in [0.1, 0.15) is 5.75 Å². The van der Waals surface area contributed by atoms with Crippen molar-refractivity contribution in [2.24, 2.45) is 5.73 Å². The highest BCUT2D eigenvalue weighted by Crippen LogP contribution is 2.12. The molecule has 0 saturated carbocycles. The molecule has 1 rings (SSSR count). The molecule has 0 atom stereocenters. The second-order valence-electron chi connectivity index (χ2n) is 3.22. The van der Waals surface area contributed by atoms with Gasteiger partial charge in [-0.2, -0.15) is 0 Å². The average Bonchev–Trinajstić information content (AvgIpc) is 2.25. The Kier molecular flexibility index (Phi) is 4.63. The Morgan fingerprint density at radius 2 is 2.00 bits per heavy atom. The second-order valence-corrected chi connectivity index (χ2v) is 3.22. The molecule has 1 amide bonds. The number of aliphatic hydroxyl groups is 1. The standard InChI is InChI=1S/C11H15NO3/c12-11(14)2-1-7-15-10-5-3-9(8-13)4-6-10/h3-6,13H,1-2,7-8H2,(H2,12,14). The van der Waals surface area contributed by atoms with Crippen LogP contribution in [0.15, 0.2) is 24.3 Å². The van der Waals surface area contributed by atoms with Crippen molar-refractivity contribution in [1.82, 2.24) is 0 Å². The zero-order valence-corrected chi connectivity index (χ0v) is 8.48. The van der Waals surface area contributed by atoms with E-state index in [2.05, 4.69) is 0 Å². The molecule has 0 aliphatic heterocycles. The average molecular weight is 209 g/mol. The van der Waals surface area contributed by atoms with Crippen LogP contribution in [0.5, 0.6) is 5.75 Å². The molecule has 4 nitrogen and oxygen atoms in total. The topological polar surface area (TPSA) is 72.6 Å². The summed E-state index contributed by atoms with van der Waals surface area (Å²) in [5.74, 6) is 0.422. The molecular weight excluding hydrogens is 194 g/mol. The van der Waals surface area contributed by atoms with Crippen molar-refractivity contribution in [3.63, 3.8) is 0 Å². The van der Waals surface area contributed by atoms with Gasteiger partial charge in [-0.25, -0.2) is 0 Å². The molecule has 0 saturated heterocycles. The molecule has 0 aliphatic rings. The Hall–Kier alpha value is -1.55. The van der Waals surface area contributed by atoms with Gasteiger partial charge in [-0.15, -0.1) is 0 Å². The molecule has 0 bridgehead atoms. The predicted molar refractivity (Wildman–Crippen MR) is 56.3 cm³/mol. The van der Waals surface area contributed by atoms with Gasteiger partial charge in [-0.3, -0.25) is 4.79 Å². The first-order chi connectivity index (χ1) is 7.22. The van der Waals surface area contributed by atoms with Crippen LogP contribution in [0.3, 0.4) is 0 Å². The first kappa shape index (κ1) is 11.5. The summed E-state index contributed by atoms with van der Waals surface area (Å²) in [5, 5.41) is 8.81. The summed E-state index contributed by atoms with van der Waals surface area (Å²) in [4.78, 5) is 10.4. The van der Waals surface area contributed by atoms with E-state index >= 15 is 0 Å². The molecule has 0 unspecified atom stereocenters. The normalized spacial score (nSPS) is 9.93. The highest BCUT2D eigenvalue weighted by molar-refractivity contribution is 5.73. The second kappa shape index (κ2) is 6.03. The molecule has 0 fully saturated rings. The van der Waals surface area contributed by atoms with Gasteiger partial charge >= 0.3 is 0 Å². The molecule has 0 aliphatic carbocycles. The first-order valence-corrected chi connectivity index (χ1v) is 4.83. The first-order valence-electron chi connectivity index (χ1n) is 4.83. The molecule has 1 aromatic carbocycles. The third kappa shape index (κ3) is 4.46. The van der Waals surface area contributed by atoms with Gasteiger partial charge in [0.15, 0.2) is 0 Å². The largest absolute Gasteiger partial charge is 0.494 e. The highest BCUT2D eigenvalue weighted by atomic mass is 16.5. The lowest BCUT2D eigenvalue weighted by atomic mass is 10.2. The molecule has 0 heterocycles. The maximum atomic E-state index is 10.4. The number of carbonyl (C=O) groups is 1. The van der Waals surface area contributed by atoms with Crippen molar-refractivity contribution in [2.45, 2.75) is 19.4 Å². The molecule has 4 heteroatoms. The van der Waals surface area contributed by atoms with Crippen molar-refractivity contribution < 1.29 is 14.6 Å². The van der Waals surface area contributed by atoms with E-state index in [1.165, 1.54) is 0 Å². The van der Waals surface area contributed by atoms with Crippen LogP contribution in [0, 0.1) is 0 Å². The van der Waals surface area contributed by atoms with Gasteiger partial charge < -0.3 is 15.6 Å². The Bertz CT molecular complexity index is 308. The van der Waals surface area contributed by atoms with Crippen LogP contribution >= 0.6 is 0 Å². The van der Waals surface area contributed by atoms with Crippen LogP contribution in [0.4, 0.5) is 0 Å². The number of ether oxygens (including phenoxy) is 1. The van der Waals surface area contributed by atoms with Crippen molar-refractivity contribution >= 4 is 5.91 Å². The van der Waals surface area contributed by atoms with E-state index in [0.717, 1.165) is 11.3 Å². The fourth-order valence-electron chi connectivity index (χ4n) is 1.13. The Morgan fingerprint density at radius 1 is 1.33 bits per heavy atom. The number of amides is 1. The maximum Gasteiger partial charge on any atom is 0.217 e. The minimum absolute atomic E-state index is 0.0297. The SMILES string of the molecule is NC(=O)CCCOc1ccc(CO)cc1. The Morgan fingerprint density at radius 3 is 2.53 bits per heavy atom. The summed E-state index contributed by atoms with van der Waals surface area (Å²) in [6, 6.07) is 7.17. The summed E-state index contributed by atoms with van der Waals surface area (Å²) < 4.78 is 5.37. The van der Waals surface area contributed by atoms with Gasteiger partial charge in [0.05, 0.1) is 13.2 Å². The quantitative estimate of drug-likeness (QED) is 0.681. The summed E-state index contributed by atoms with van der Waals surface area (Å²) in [6.07, 6.45) is 0.964. The number of rotatable bonds is 6. The lowest BCUT2D eigenvalue weighted by molar-refractivity contribution is -0.118. The fourth-order valence-corrected chi connectivity index (χ4v) is 1.13. The number of carbonyl (C=O) groups excluding carboxylic acids is 1. The predicted octanol–water partition coefficient (Wildman–Crippen LogP) is 0.823. The van der Waals surface area contributed by atoms with E-state index in [1.807, 2.05) is 0 Å². The third-order valence-electron chi connectivity index (χ3n) is 1.94. The molecule has 3 N–H and O–H groups in total. The van der Waals surface area contributed by atoms with Gasteiger partial charge in [0.25, 0.3) is 0 Å². The monoisotopic (exact) mass is 209 g/mol. The molecule has 0 spiro atoms. The number of aliphatic hydroxyl groups excluding tert-OH is 1. The number of benzene rings is 1. The van der Waals surface area contributed by atoms with Crippen LogP contribution < -0.4 is 10.5 Å². The number of hydrogen-bond donors (Lipinski definition) is 2. The zero-order valence-electron chi connectivity index (χ0n) is 8.48. The van der Waals surface area contributed by atoms with Crippen molar-refractivity contribution in [3.8, 4) is 5.75 Å². The molecule has 1 aromatic rings. The van der Waals surface area contributed by atoms with Gasteiger partial charge in [-0.05, 0) is 24.1 Å². The maximum absolute atomic E-state index is 10.4. The lowest BCUT2D eigenvalue weighted by Gasteiger charge is -2.05. The molecule has 0 radical (unpaired) electrons. The Balaban J connectivity index is 2.28. The molecule has 0 aromatic heterocycles. The molecular formula is C11H15NO3. The smallest absolute Gasteiger partial charge is 0.217 e. The number of primary amides is 1. The number of nitrogens with two attached hydrogens (primary N) is 1. The van der Waals surface area contributed by atoms with Gasteiger partial charge in [0.2, 0.25) is 5.91 Å². The van der Waals surface area contributed by atoms with E-state index < -0.39 is 0 Å². The van der Waals surface area contributed by atoms with Gasteiger partial charge in [0, 0.05) is 6.42 Å². The third-order valence-corrected chi connectivity index (χ3v) is 1.94. The Labute approximate surface area is 88.7 Å². The molecule has 82 valence electrons. The van der Waals surface area contributed by atoms with Crippen LogP contribution in [0.2, 0.25) is 0 Å². The molecule has 15 heavy (non-hydrogen) atoms. The minimum Gasteiger partial charge on any atom is -0.494 e. The summed E-state index contributed by atoms with van der Waals surface area (Å²) in [6.45, 7) is 0.503. The highest BCUT2D eigenvalue weighted by Gasteiger charge is 1.96. The summed E-state index contributed by atoms with van der Waals surface area (Å²) >= 11 is 0. The van der Waals surface area contributed by atoms with Crippen LogP contribution in [0.25, 0.3) is 0 Å². The zero-order chi connectivity index (χ0) is 11.1. The van der Waals surface area contributed by atoms with Crippen molar-refractivity contribution in [2.75, 3.05) is 6.61 Å². The fraction of sp³-hybridized carbons (Fsp3) is 0.364. The van der Waals surface area contributed by atoms with Crippen molar-refractivity contribution in [1.29, 1.82) is 0 Å². The van der Waals surface area contributed by atoms with Crippen LogP contribution in [-0.4, -0.2) is 17.6 Å². The van der Waals surface area contributed by atoms with Gasteiger partial charge in [-0.1, -0.05) is 12.1 Å².